The lowest BCUT2D eigenvalue weighted by molar-refractivity contribution is -0.162. The van der Waals surface area contributed by atoms with Gasteiger partial charge in [0.05, 0.1) is 11.2 Å². The zero-order chi connectivity index (χ0) is 55.7. The van der Waals surface area contributed by atoms with E-state index in [-0.39, 0.29) is 82.1 Å². The molecular weight excluding hydrogens is 969 g/mol. The van der Waals surface area contributed by atoms with Crippen LogP contribution >= 0.6 is 0 Å². The lowest BCUT2D eigenvalue weighted by Gasteiger charge is -2.32. The molecule has 0 rings (SSSR count). The molecule has 0 aromatic carbocycles. The summed E-state index contributed by atoms with van der Waals surface area (Å²) in [5.41, 5.74) is -1.10. The van der Waals surface area contributed by atoms with Crippen LogP contribution in [0.5, 0.6) is 0 Å². The van der Waals surface area contributed by atoms with Crippen molar-refractivity contribution < 1.29 is 37.0 Å². The Labute approximate surface area is 468 Å². The fraction of sp³-hybridized carbons (Fsp3) is 0.769. The van der Waals surface area contributed by atoms with Crippen LogP contribution in [0.25, 0.3) is 0 Å². The number of allylic oxidation sites excluding steroid dienone is 12. The third kappa shape index (κ3) is 52.8. The van der Waals surface area contributed by atoms with Gasteiger partial charge in [0.15, 0.2) is 0 Å². The van der Waals surface area contributed by atoms with E-state index >= 15 is 0 Å². The molecule has 0 bridgehead atoms. The third-order valence-electron chi connectivity index (χ3n) is 13.6. The number of carbonyl (C=O) groups is 3. The first kappa shape index (κ1) is 72.7. The van der Waals surface area contributed by atoms with Crippen molar-refractivity contribution >= 4 is 27.9 Å². The number of unbranched alkanes of at least 4 members (excludes halogenated alkanes) is 24. The second kappa shape index (κ2) is 55.1. The summed E-state index contributed by atoms with van der Waals surface area (Å²) in [4.78, 5) is 41.7. The fourth-order valence-electron chi connectivity index (χ4n) is 8.64. The molecule has 0 spiro atoms. The van der Waals surface area contributed by atoms with Crippen molar-refractivity contribution in [2.24, 2.45) is 5.41 Å². The van der Waals surface area contributed by atoms with E-state index in [2.05, 4.69) is 98.4 Å². The van der Waals surface area contributed by atoms with Gasteiger partial charge in [0.25, 0.3) is 0 Å². The van der Waals surface area contributed by atoms with Crippen molar-refractivity contribution in [1.29, 1.82) is 0 Å². The predicted octanol–water partition coefficient (Wildman–Crippen LogP) is 17.3. The lowest BCUT2D eigenvalue weighted by Crippen LogP contribution is -2.40. The Hall–Kier alpha value is -3.28. The highest BCUT2D eigenvalue weighted by atomic mass is 32.2. The van der Waals surface area contributed by atoms with E-state index in [1.807, 2.05) is 19.0 Å². The molecule has 0 radical (unpaired) electrons. The van der Waals surface area contributed by atoms with E-state index in [4.69, 9.17) is 14.2 Å². The Morgan fingerprint density at radius 2 is 0.697 bits per heavy atom. The highest BCUT2D eigenvalue weighted by Gasteiger charge is 2.36. The summed E-state index contributed by atoms with van der Waals surface area (Å²) in [5.74, 6) is -1.25. The van der Waals surface area contributed by atoms with Crippen LogP contribution in [0.15, 0.2) is 72.9 Å². The van der Waals surface area contributed by atoms with Crippen LogP contribution in [0, 0.1) is 5.41 Å². The maximum Gasteiger partial charge on any atom is 0.305 e. The number of hydrogen-bond acceptors (Lipinski definition) is 9. The number of nitrogens with one attached hydrogen (secondary N) is 1. The highest BCUT2D eigenvalue weighted by molar-refractivity contribution is 7.89. The smallest absolute Gasteiger partial charge is 0.305 e. The minimum Gasteiger partial charge on any atom is -0.465 e. The highest BCUT2D eigenvalue weighted by Crippen LogP contribution is 2.28. The van der Waals surface area contributed by atoms with Crippen molar-refractivity contribution in [1.82, 2.24) is 9.62 Å². The number of carbonyl (C=O) groups excluding carboxylic acids is 3. The maximum atomic E-state index is 13.3. The molecule has 0 fully saturated rings. The van der Waals surface area contributed by atoms with Crippen LogP contribution in [0.2, 0.25) is 0 Å². The van der Waals surface area contributed by atoms with Crippen molar-refractivity contribution in [3.63, 3.8) is 0 Å². The number of sulfonamides is 1. The maximum absolute atomic E-state index is 13.3. The molecule has 0 saturated heterocycles. The standard InChI is InChI=1S/C65H116N2O8S/c1-6-9-12-15-18-21-24-27-30-33-36-39-42-45-48-52-62(68)73-59-65(55-51-58-76(71,72)66-56-57-67(4)5,60-74-63(69)53-49-46-43-40-37-34-31-28-25-22-19-16-13-10-7-2)61-75-64(70)54-50-47-44-41-38-35-32-29-26-23-20-17-14-11-8-3/h18-23,27-32,66H,6-17,24-26,33-61H2,1-5H3/b21-18-,22-19-,23-20-,30-27-,31-28-,32-29-. The first-order valence-electron chi connectivity index (χ1n) is 31.0. The Morgan fingerprint density at radius 1 is 0.408 bits per heavy atom. The average Bonchev–Trinajstić information content (AvgIpc) is 3.39. The van der Waals surface area contributed by atoms with Crippen molar-refractivity contribution in [3.05, 3.63) is 72.9 Å². The normalized spacial score (nSPS) is 12.6. The van der Waals surface area contributed by atoms with Gasteiger partial charge in [-0.15, -0.1) is 0 Å². The van der Waals surface area contributed by atoms with Crippen LogP contribution in [0.4, 0.5) is 0 Å². The van der Waals surface area contributed by atoms with Crippen LogP contribution in [-0.4, -0.2) is 84.0 Å². The van der Waals surface area contributed by atoms with Gasteiger partial charge in [0.1, 0.15) is 19.8 Å². The Kier molecular flexibility index (Phi) is 52.7. The molecule has 0 aromatic rings. The fourth-order valence-corrected chi connectivity index (χ4v) is 9.71. The summed E-state index contributed by atoms with van der Waals surface area (Å²) in [6.45, 7) is 7.09. The van der Waals surface area contributed by atoms with Gasteiger partial charge in [-0.3, -0.25) is 14.4 Å². The van der Waals surface area contributed by atoms with E-state index in [1.165, 1.54) is 57.8 Å². The molecule has 0 heterocycles. The summed E-state index contributed by atoms with van der Waals surface area (Å²) in [7, 11) is 0.156. The Bertz CT molecular complexity index is 1500. The van der Waals surface area contributed by atoms with E-state index < -0.39 is 15.4 Å². The summed E-state index contributed by atoms with van der Waals surface area (Å²) in [6.07, 6.45) is 64.0. The minimum absolute atomic E-state index is 0.145. The topological polar surface area (TPSA) is 128 Å². The molecule has 0 unspecified atom stereocenters. The van der Waals surface area contributed by atoms with Crippen LogP contribution < -0.4 is 4.72 Å². The lowest BCUT2D eigenvalue weighted by atomic mass is 9.85. The molecular formula is C65H116N2O8S. The molecule has 10 nitrogen and oxygen atoms in total. The molecule has 0 aliphatic carbocycles. The molecule has 0 atom stereocenters. The van der Waals surface area contributed by atoms with Crippen molar-refractivity contribution in [2.75, 3.05) is 52.8 Å². The van der Waals surface area contributed by atoms with Crippen LogP contribution in [-0.2, 0) is 38.6 Å². The summed E-state index contributed by atoms with van der Waals surface area (Å²) in [6, 6.07) is 0. The zero-order valence-electron chi connectivity index (χ0n) is 49.7. The average molecular weight is 1090 g/mol. The van der Waals surface area contributed by atoms with E-state index in [0.717, 1.165) is 135 Å². The predicted molar refractivity (Wildman–Crippen MR) is 323 cm³/mol. The summed E-state index contributed by atoms with van der Waals surface area (Å²) < 4.78 is 46.5. The minimum atomic E-state index is -3.61. The van der Waals surface area contributed by atoms with Gasteiger partial charge in [-0.1, -0.05) is 190 Å². The number of nitrogens with zero attached hydrogens (tertiary/aromatic N) is 1. The van der Waals surface area contributed by atoms with E-state index in [0.29, 0.717) is 25.8 Å². The van der Waals surface area contributed by atoms with Gasteiger partial charge in [-0.2, -0.15) is 0 Å². The molecule has 0 aliphatic rings. The number of esters is 3. The summed E-state index contributed by atoms with van der Waals surface area (Å²) in [5, 5.41) is 0. The monoisotopic (exact) mass is 1080 g/mol. The molecule has 0 amide bonds. The number of hydrogen-bond donors (Lipinski definition) is 1. The molecule has 0 aliphatic heterocycles. The van der Waals surface area contributed by atoms with Gasteiger partial charge in [0, 0.05) is 32.4 Å². The van der Waals surface area contributed by atoms with E-state index in [9.17, 15) is 22.8 Å². The quantitative estimate of drug-likeness (QED) is 0.0274. The Balaban J connectivity index is 5.48. The van der Waals surface area contributed by atoms with Crippen molar-refractivity contribution in [2.45, 2.75) is 265 Å². The number of rotatable bonds is 56. The molecule has 0 saturated carbocycles. The van der Waals surface area contributed by atoms with Gasteiger partial charge in [-0.25, -0.2) is 13.1 Å². The largest absolute Gasteiger partial charge is 0.465 e. The summed E-state index contributed by atoms with van der Waals surface area (Å²) >= 11 is 0. The SMILES string of the molecule is CCCCC/C=C\C/C=C\CCCCCCCC(=O)OCC(CCCS(=O)(=O)NCCN(C)C)(COC(=O)CCCCCCC/C=C\C/C=C\CCCCC)COC(=O)CCCCCCC/C=C\C/C=C\CCCCC. The second-order valence-corrected chi connectivity index (χ2v) is 23.5. The second-order valence-electron chi connectivity index (χ2n) is 21.5. The van der Waals surface area contributed by atoms with Crippen LogP contribution in [0.1, 0.15) is 265 Å². The zero-order valence-corrected chi connectivity index (χ0v) is 50.5. The molecule has 440 valence electrons. The third-order valence-corrected chi connectivity index (χ3v) is 15.1. The first-order chi connectivity index (χ1) is 37.0. The van der Waals surface area contributed by atoms with Crippen molar-refractivity contribution in [3.8, 4) is 0 Å². The molecule has 11 heteroatoms. The van der Waals surface area contributed by atoms with E-state index in [1.54, 1.807) is 0 Å². The molecule has 0 aromatic heterocycles. The van der Waals surface area contributed by atoms with Crippen LogP contribution in [0.3, 0.4) is 0 Å². The van der Waals surface area contributed by atoms with Gasteiger partial charge in [-0.05, 0) is 143 Å². The van der Waals surface area contributed by atoms with Gasteiger partial charge >= 0.3 is 17.9 Å². The number of ether oxygens (including phenoxy) is 3. The van der Waals surface area contributed by atoms with Gasteiger partial charge < -0.3 is 19.1 Å². The molecule has 76 heavy (non-hydrogen) atoms. The molecule has 1 N–H and O–H groups in total. The van der Waals surface area contributed by atoms with Gasteiger partial charge in [0.2, 0.25) is 10.0 Å². The number of likely N-dealkylation sites (N-methyl/N-ethyl adjacent to an activating group) is 1. The first-order valence-corrected chi connectivity index (χ1v) is 32.6. The Morgan fingerprint density at radius 3 is 1.00 bits per heavy atom.